The Kier molecular flexibility index (Phi) is 2.70. The van der Waals surface area contributed by atoms with E-state index in [1.54, 1.807) is 12.4 Å². The quantitative estimate of drug-likeness (QED) is 0.705. The van der Waals surface area contributed by atoms with Gasteiger partial charge in [0.2, 0.25) is 0 Å². The van der Waals surface area contributed by atoms with Crippen molar-refractivity contribution in [3.63, 3.8) is 0 Å². The largest absolute Gasteiger partial charge is 0.261 e. The normalized spacial score (nSPS) is 10.1. The maximum absolute atomic E-state index is 5.90. The molecule has 3 nitrogen and oxygen atoms in total. The van der Waals surface area contributed by atoms with Gasteiger partial charge in [0.05, 0.1) is 0 Å². The smallest absolute Gasteiger partial charge is 0.136 e. The molecule has 2 aromatic rings. The Balaban J connectivity index is 2.24. The molecular weight excluding hydrogens is 198 g/mol. The fourth-order valence-electron chi connectivity index (χ4n) is 1.16. The predicted octanol–water partition coefficient (Wildman–Crippen LogP) is 2.12. The molecule has 0 aromatic carbocycles. The molecule has 0 saturated carbocycles. The fraction of sp³-hybridized carbons (Fsp3) is 0.100. The van der Waals surface area contributed by atoms with Crippen molar-refractivity contribution < 1.29 is 0 Å². The van der Waals surface area contributed by atoms with Crippen molar-refractivity contribution in [1.29, 1.82) is 0 Å². The number of nitrogens with zero attached hydrogens (tertiary/aromatic N) is 3. The van der Waals surface area contributed by atoms with Crippen LogP contribution >= 0.6 is 11.6 Å². The summed E-state index contributed by atoms with van der Waals surface area (Å²) in [5.41, 5.74) is 1.86. The molecule has 0 unspecified atom stereocenters. The maximum atomic E-state index is 5.90. The van der Waals surface area contributed by atoms with Crippen LogP contribution in [0.25, 0.3) is 0 Å². The summed E-state index contributed by atoms with van der Waals surface area (Å²) < 4.78 is 0. The van der Waals surface area contributed by atoms with E-state index in [0.29, 0.717) is 11.6 Å². The van der Waals surface area contributed by atoms with Crippen molar-refractivity contribution in [2.24, 2.45) is 0 Å². The van der Waals surface area contributed by atoms with Crippen molar-refractivity contribution in [2.45, 2.75) is 6.42 Å². The topological polar surface area (TPSA) is 38.7 Å². The summed E-state index contributed by atoms with van der Waals surface area (Å²) in [5.74, 6) is 0. The Bertz CT molecular complexity index is 417. The molecule has 0 spiro atoms. The van der Waals surface area contributed by atoms with Crippen molar-refractivity contribution in [3.8, 4) is 0 Å². The van der Waals surface area contributed by atoms with Crippen LogP contribution in [0.5, 0.6) is 0 Å². The summed E-state index contributed by atoms with van der Waals surface area (Å²) in [6.45, 7) is 0. The zero-order valence-electron chi connectivity index (χ0n) is 7.39. The maximum Gasteiger partial charge on any atom is 0.136 e. The van der Waals surface area contributed by atoms with Gasteiger partial charge in [0.1, 0.15) is 11.5 Å². The Morgan fingerprint density at radius 2 is 2.14 bits per heavy atom. The van der Waals surface area contributed by atoms with Crippen LogP contribution in [0, 0.1) is 0 Å². The molecule has 0 amide bonds. The minimum absolute atomic E-state index is 0.491. The second-order valence-electron chi connectivity index (χ2n) is 2.84. The van der Waals surface area contributed by atoms with Gasteiger partial charge in [-0.15, -0.1) is 0 Å². The highest BCUT2D eigenvalue weighted by molar-refractivity contribution is 6.30. The van der Waals surface area contributed by atoms with E-state index >= 15 is 0 Å². The molecule has 0 aliphatic heterocycles. The molecule has 0 bridgehead atoms. The Hall–Kier alpha value is -1.48. The van der Waals surface area contributed by atoms with Gasteiger partial charge in [0.25, 0.3) is 0 Å². The highest BCUT2D eigenvalue weighted by Gasteiger charge is 2.02. The lowest BCUT2D eigenvalue weighted by atomic mass is 10.2. The van der Waals surface area contributed by atoms with Crippen molar-refractivity contribution in [3.05, 3.63) is 53.3 Å². The van der Waals surface area contributed by atoms with Gasteiger partial charge < -0.3 is 0 Å². The summed E-state index contributed by atoms with van der Waals surface area (Å²) in [6.07, 6.45) is 5.57. The lowest BCUT2D eigenvalue weighted by Gasteiger charge is -2.00. The van der Waals surface area contributed by atoms with Crippen molar-refractivity contribution >= 4 is 11.6 Å². The van der Waals surface area contributed by atoms with Crippen LogP contribution in [0.2, 0.25) is 5.15 Å². The van der Waals surface area contributed by atoms with Crippen molar-refractivity contribution in [1.82, 2.24) is 15.0 Å². The van der Waals surface area contributed by atoms with Crippen LogP contribution in [0.4, 0.5) is 0 Å². The molecule has 70 valence electrons. The van der Waals surface area contributed by atoms with Crippen LogP contribution in [-0.2, 0) is 6.42 Å². The lowest BCUT2D eigenvalue weighted by molar-refractivity contribution is 1.02. The van der Waals surface area contributed by atoms with Gasteiger partial charge in [-0.1, -0.05) is 17.7 Å². The van der Waals surface area contributed by atoms with Gasteiger partial charge >= 0.3 is 0 Å². The molecular formula is C10H8ClN3. The van der Waals surface area contributed by atoms with Crippen LogP contribution in [0.3, 0.4) is 0 Å². The third kappa shape index (κ3) is 2.06. The van der Waals surface area contributed by atoms with E-state index in [0.717, 1.165) is 11.3 Å². The Morgan fingerprint density at radius 1 is 1.21 bits per heavy atom. The van der Waals surface area contributed by atoms with E-state index < -0.39 is 0 Å². The first-order chi connectivity index (χ1) is 6.86. The number of hydrogen-bond donors (Lipinski definition) is 0. The average molecular weight is 206 g/mol. The molecule has 0 saturated heterocycles. The first-order valence-electron chi connectivity index (χ1n) is 4.20. The Labute approximate surface area is 86.8 Å². The van der Waals surface area contributed by atoms with Gasteiger partial charge in [-0.05, 0) is 12.1 Å². The summed E-state index contributed by atoms with van der Waals surface area (Å²) in [7, 11) is 0. The minimum atomic E-state index is 0.491. The highest BCUT2D eigenvalue weighted by Crippen LogP contribution is 2.13. The van der Waals surface area contributed by atoms with Crippen LogP contribution in [-0.4, -0.2) is 15.0 Å². The van der Waals surface area contributed by atoms with Gasteiger partial charge in [-0.25, -0.2) is 9.97 Å². The summed E-state index contributed by atoms with van der Waals surface area (Å²) >= 11 is 5.90. The van der Waals surface area contributed by atoms with Gasteiger partial charge in [-0.3, -0.25) is 4.98 Å². The van der Waals surface area contributed by atoms with Crippen LogP contribution < -0.4 is 0 Å². The molecule has 0 radical (unpaired) electrons. The molecule has 2 heterocycles. The van der Waals surface area contributed by atoms with Gasteiger partial charge in [0.15, 0.2) is 0 Å². The van der Waals surface area contributed by atoms with E-state index in [1.807, 2.05) is 18.2 Å². The molecule has 0 fully saturated rings. The standard InChI is InChI=1S/C10H8ClN3/c11-10-8(6-12-7-14-10)5-9-3-1-2-4-13-9/h1-4,6-7H,5H2. The number of halogens is 1. The first kappa shape index (κ1) is 9.09. The monoisotopic (exact) mass is 205 g/mol. The van der Waals surface area contributed by atoms with E-state index in [4.69, 9.17) is 11.6 Å². The summed E-state index contributed by atoms with van der Waals surface area (Å²) in [6, 6.07) is 5.77. The Morgan fingerprint density at radius 3 is 2.86 bits per heavy atom. The number of rotatable bonds is 2. The fourth-order valence-corrected chi connectivity index (χ4v) is 1.32. The second kappa shape index (κ2) is 4.15. The molecule has 14 heavy (non-hydrogen) atoms. The first-order valence-corrected chi connectivity index (χ1v) is 4.58. The van der Waals surface area contributed by atoms with Gasteiger partial charge in [0, 0.05) is 30.1 Å². The average Bonchev–Trinajstić information content (AvgIpc) is 2.23. The van der Waals surface area contributed by atoms with E-state index in [1.165, 1.54) is 6.33 Å². The molecule has 0 N–H and O–H groups in total. The molecule has 2 rings (SSSR count). The predicted molar refractivity (Wildman–Crippen MR) is 54.1 cm³/mol. The molecule has 4 heteroatoms. The zero-order chi connectivity index (χ0) is 9.80. The number of aromatic nitrogens is 3. The van der Waals surface area contributed by atoms with Crippen LogP contribution in [0.1, 0.15) is 11.3 Å². The molecule has 0 aliphatic carbocycles. The second-order valence-corrected chi connectivity index (χ2v) is 3.19. The third-order valence-corrected chi connectivity index (χ3v) is 2.17. The SMILES string of the molecule is Clc1ncncc1Cc1ccccn1. The molecule has 0 aliphatic rings. The molecule has 2 aromatic heterocycles. The van der Waals surface area contributed by atoms with Crippen molar-refractivity contribution in [2.75, 3.05) is 0 Å². The number of hydrogen-bond acceptors (Lipinski definition) is 3. The zero-order valence-corrected chi connectivity index (χ0v) is 8.15. The number of pyridine rings is 1. The van der Waals surface area contributed by atoms with Gasteiger partial charge in [-0.2, -0.15) is 0 Å². The lowest BCUT2D eigenvalue weighted by Crippen LogP contribution is -1.94. The molecule has 0 atom stereocenters. The van der Waals surface area contributed by atoms with E-state index in [9.17, 15) is 0 Å². The highest BCUT2D eigenvalue weighted by atomic mass is 35.5. The van der Waals surface area contributed by atoms with E-state index in [2.05, 4.69) is 15.0 Å². The minimum Gasteiger partial charge on any atom is -0.261 e. The summed E-state index contributed by atoms with van der Waals surface area (Å²) in [5, 5.41) is 0.491. The van der Waals surface area contributed by atoms with Crippen LogP contribution in [0.15, 0.2) is 36.9 Å². The third-order valence-electron chi connectivity index (χ3n) is 1.83. The van der Waals surface area contributed by atoms with E-state index in [-0.39, 0.29) is 0 Å². The summed E-state index contributed by atoms with van der Waals surface area (Å²) in [4.78, 5) is 12.0.